The lowest BCUT2D eigenvalue weighted by molar-refractivity contribution is -0.120. The first-order valence-electron chi connectivity index (χ1n) is 2.59. The van der Waals surface area contributed by atoms with Gasteiger partial charge in [0.15, 0.2) is 9.84 Å². The van der Waals surface area contributed by atoms with Gasteiger partial charge < -0.3 is 0 Å². The second-order valence-corrected chi connectivity index (χ2v) is 4.35. The third-order valence-electron chi connectivity index (χ3n) is 1.15. The Balaban J connectivity index is 4.39. The molecule has 0 radical (unpaired) electrons. The molecule has 60 valence electrons. The van der Waals surface area contributed by atoms with Crippen LogP contribution in [0.3, 0.4) is 0 Å². The summed E-state index contributed by atoms with van der Waals surface area (Å²) in [5.74, 6) is 4.01. The van der Waals surface area contributed by atoms with Crippen LogP contribution in [0.4, 0.5) is 0 Å². The molecule has 0 aromatic heterocycles. The molecule has 0 spiro atoms. The largest absolute Gasteiger partial charge is 0.293 e. The van der Waals surface area contributed by atoms with Crippen molar-refractivity contribution in [3.63, 3.8) is 0 Å². The van der Waals surface area contributed by atoms with E-state index in [0.29, 0.717) is 0 Å². The van der Waals surface area contributed by atoms with E-state index in [2.05, 4.69) is 0 Å². The van der Waals surface area contributed by atoms with Gasteiger partial charge in [0, 0.05) is 6.26 Å². The van der Waals surface area contributed by atoms with E-state index in [4.69, 9.17) is 5.84 Å². The van der Waals surface area contributed by atoms with Crippen LogP contribution in [0.2, 0.25) is 0 Å². The molecule has 1 atom stereocenters. The molecule has 0 aliphatic rings. The molecular weight excluding hydrogens is 156 g/mol. The Labute approximate surface area is 59.5 Å². The highest BCUT2D eigenvalue weighted by molar-refractivity contribution is 7.92. The van der Waals surface area contributed by atoms with Crippen LogP contribution in [-0.2, 0) is 14.6 Å². The van der Waals surface area contributed by atoms with Gasteiger partial charge in [-0.2, -0.15) is 0 Å². The molecule has 1 amide bonds. The summed E-state index contributed by atoms with van der Waals surface area (Å²) in [7, 11) is -3.31. The molecule has 0 aliphatic heterocycles. The van der Waals surface area contributed by atoms with Crippen LogP contribution < -0.4 is 11.3 Å². The van der Waals surface area contributed by atoms with Crippen molar-refractivity contribution in [3.05, 3.63) is 0 Å². The molecule has 0 aromatic carbocycles. The van der Waals surface area contributed by atoms with Crippen molar-refractivity contribution in [2.45, 2.75) is 12.2 Å². The van der Waals surface area contributed by atoms with Gasteiger partial charge in [0.25, 0.3) is 5.91 Å². The van der Waals surface area contributed by atoms with E-state index in [0.717, 1.165) is 6.26 Å². The Kier molecular flexibility index (Phi) is 2.79. The normalized spacial score (nSPS) is 14.3. The van der Waals surface area contributed by atoms with Gasteiger partial charge in [-0.3, -0.25) is 10.2 Å². The Morgan fingerprint density at radius 3 is 2.10 bits per heavy atom. The molecule has 10 heavy (non-hydrogen) atoms. The van der Waals surface area contributed by atoms with Gasteiger partial charge in [0.05, 0.1) is 0 Å². The van der Waals surface area contributed by atoms with Gasteiger partial charge in [-0.15, -0.1) is 0 Å². The molecule has 0 aliphatic carbocycles. The molecule has 1 unspecified atom stereocenters. The monoisotopic (exact) mass is 166 g/mol. The standard InChI is InChI=1S/C4H10N2O3S/c1-3(4(7)6-5)10(2,8)9/h3H,5H2,1-2H3,(H,6,7). The number of hydrogen-bond donors (Lipinski definition) is 2. The van der Waals surface area contributed by atoms with Crippen molar-refractivity contribution in [2.75, 3.05) is 6.26 Å². The first-order chi connectivity index (χ1) is 4.39. The number of nitrogens with two attached hydrogens (primary N) is 1. The SMILES string of the molecule is CC(C(=O)NN)S(C)(=O)=O. The Hall–Kier alpha value is -0.620. The zero-order valence-electron chi connectivity index (χ0n) is 5.79. The van der Waals surface area contributed by atoms with E-state index >= 15 is 0 Å². The number of hydrogen-bond acceptors (Lipinski definition) is 4. The van der Waals surface area contributed by atoms with E-state index in [1.165, 1.54) is 6.92 Å². The smallest absolute Gasteiger partial charge is 0.251 e. The van der Waals surface area contributed by atoms with E-state index < -0.39 is 21.0 Å². The first kappa shape index (κ1) is 9.38. The number of hydrazine groups is 1. The maximum Gasteiger partial charge on any atom is 0.251 e. The van der Waals surface area contributed by atoms with Gasteiger partial charge in [0.1, 0.15) is 5.25 Å². The second kappa shape index (κ2) is 2.98. The van der Waals surface area contributed by atoms with Crippen LogP contribution in [0.1, 0.15) is 6.92 Å². The van der Waals surface area contributed by atoms with E-state index in [-0.39, 0.29) is 0 Å². The van der Waals surface area contributed by atoms with Crippen molar-refractivity contribution in [1.82, 2.24) is 5.43 Å². The topological polar surface area (TPSA) is 89.3 Å². The Morgan fingerprint density at radius 2 is 2.00 bits per heavy atom. The number of sulfone groups is 1. The lowest BCUT2D eigenvalue weighted by Crippen LogP contribution is -2.41. The molecule has 5 nitrogen and oxygen atoms in total. The fourth-order valence-electron chi connectivity index (χ4n) is 0.312. The quantitative estimate of drug-likeness (QED) is 0.294. The van der Waals surface area contributed by atoms with E-state index in [1.807, 2.05) is 0 Å². The summed E-state index contributed by atoms with van der Waals surface area (Å²) in [6.45, 7) is 1.28. The number of rotatable bonds is 2. The van der Waals surface area contributed by atoms with E-state index in [1.54, 1.807) is 5.43 Å². The summed E-state index contributed by atoms with van der Waals surface area (Å²) in [5.41, 5.74) is 1.75. The van der Waals surface area contributed by atoms with Crippen LogP contribution >= 0.6 is 0 Å². The van der Waals surface area contributed by atoms with Crippen molar-refractivity contribution in [2.24, 2.45) is 5.84 Å². The summed E-state index contributed by atoms with van der Waals surface area (Å²) in [6, 6.07) is 0. The molecule has 3 N–H and O–H groups in total. The van der Waals surface area contributed by atoms with Gasteiger partial charge >= 0.3 is 0 Å². The minimum atomic E-state index is -3.31. The Bertz CT molecular complexity index is 221. The van der Waals surface area contributed by atoms with Crippen molar-refractivity contribution < 1.29 is 13.2 Å². The lowest BCUT2D eigenvalue weighted by atomic mass is 10.5. The molecule has 0 heterocycles. The number of carbonyl (C=O) groups excluding carboxylic acids is 1. The average Bonchev–Trinajstić information content (AvgIpc) is 1.83. The summed E-state index contributed by atoms with van der Waals surface area (Å²) < 4.78 is 21.2. The summed E-state index contributed by atoms with van der Waals surface area (Å²) >= 11 is 0. The van der Waals surface area contributed by atoms with Gasteiger partial charge in [0.2, 0.25) is 0 Å². The summed E-state index contributed by atoms with van der Waals surface area (Å²) in [5, 5.41) is -1.07. The molecule has 0 bridgehead atoms. The number of carbonyl (C=O) groups is 1. The number of nitrogens with one attached hydrogen (secondary N) is 1. The maximum absolute atomic E-state index is 10.6. The molecular formula is C4H10N2O3S. The van der Waals surface area contributed by atoms with Gasteiger partial charge in [-0.05, 0) is 6.92 Å². The summed E-state index contributed by atoms with van der Waals surface area (Å²) in [4.78, 5) is 10.5. The van der Waals surface area contributed by atoms with Crippen molar-refractivity contribution >= 4 is 15.7 Å². The molecule has 0 aromatic rings. The minimum absolute atomic E-state index is 0.692. The zero-order valence-corrected chi connectivity index (χ0v) is 6.60. The fraction of sp³-hybridized carbons (Fsp3) is 0.750. The average molecular weight is 166 g/mol. The highest BCUT2D eigenvalue weighted by atomic mass is 32.2. The molecule has 0 saturated heterocycles. The third-order valence-corrected chi connectivity index (χ3v) is 2.65. The van der Waals surface area contributed by atoms with Crippen LogP contribution in [0.5, 0.6) is 0 Å². The predicted octanol–water partition coefficient (Wildman–Crippen LogP) is -1.59. The van der Waals surface area contributed by atoms with Crippen molar-refractivity contribution in [3.8, 4) is 0 Å². The molecule has 0 saturated carbocycles. The maximum atomic E-state index is 10.6. The van der Waals surface area contributed by atoms with E-state index in [9.17, 15) is 13.2 Å². The van der Waals surface area contributed by atoms with Crippen LogP contribution in [-0.4, -0.2) is 25.8 Å². The molecule has 6 heteroatoms. The highest BCUT2D eigenvalue weighted by Crippen LogP contribution is 1.95. The summed E-state index contributed by atoms with van der Waals surface area (Å²) in [6.07, 6.45) is 0.979. The lowest BCUT2D eigenvalue weighted by Gasteiger charge is -2.05. The van der Waals surface area contributed by atoms with Gasteiger partial charge in [-0.1, -0.05) is 0 Å². The van der Waals surface area contributed by atoms with Crippen LogP contribution in [0.25, 0.3) is 0 Å². The second-order valence-electron chi connectivity index (χ2n) is 1.98. The first-order valence-corrected chi connectivity index (χ1v) is 4.54. The predicted molar refractivity (Wildman–Crippen MR) is 36.6 cm³/mol. The van der Waals surface area contributed by atoms with Gasteiger partial charge in [-0.25, -0.2) is 14.3 Å². The fourth-order valence-corrected chi connectivity index (χ4v) is 0.769. The number of amides is 1. The van der Waals surface area contributed by atoms with Crippen LogP contribution in [0.15, 0.2) is 0 Å². The Morgan fingerprint density at radius 1 is 1.60 bits per heavy atom. The molecule has 0 rings (SSSR count). The highest BCUT2D eigenvalue weighted by Gasteiger charge is 2.21. The third kappa shape index (κ3) is 2.32. The minimum Gasteiger partial charge on any atom is -0.293 e. The van der Waals surface area contributed by atoms with Crippen molar-refractivity contribution in [1.29, 1.82) is 0 Å². The van der Waals surface area contributed by atoms with Crippen LogP contribution in [0, 0.1) is 0 Å². The molecule has 0 fully saturated rings. The zero-order chi connectivity index (χ0) is 8.36.